The Labute approximate surface area is 153 Å². The number of benzene rings is 2. The highest BCUT2D eigenvalue weighted by molar-refractivity contribution is 9.10. The number of hydrogen-bond acceptors (Lipinski definition) is 4. The van der Waals surface area contributed by atoms with Crippen molar-refractivity contribution < 1.29 is 5.11 Å². The maximum absolute atomic E-state index is 12.8. The molecule has 0 atom stereocenters. The highest BCUT2D eigenvalue weighted by Gasteiger charge is 2.10. The van der Waals surface area contributed by atoms with E-state index in [0.717, 1.165) is 16.5 Å². The molecule has 3 aromatic rings. The molecule has 0 saturated heterocycles. The summed E-state index contributed by atoms with van der Waals surface area (Å²) in [5.41, 5.74) is 1.73. The molecule has 0 saturated carbocycles. The van der Waals surface area contributed by atoms with E-state index in [4.69, 9.17) is 0 Å². The molecule has 6 heteroatoms. The second-order valence-electron chi connectivity index (χ2n) is 5.82. The van der Waals surface area contributed by atoms with Crippen molar-refractivity contribution in [3.63, 3.8) is 0 Å². The molecule has 1 N–H and O–H groups in total. The molecule has 25 heavy (non-hydrogen) atoms. The number of phenols is 1. The van der Waals surface area contributed by atoms with Crippen molar-refractivity contribution in [2.45, 2.75) is 26.7 Å². The Balaban J connectivity index is 2.16. The maximum Gasteiger partial charge on any atom is 0.282 e. The van der Waals surface area contributed by atoms with Gasteiger partial charge in [0.25, 0.3) is 5.56 Å². The van der Waals surface area contributed by atoms with Crippen LogP contribution in [0.1, 0.15) is 30.3 Å². The molecule has 0 amide bonds. The molecule has 128 valence electrons. The number of phenolic OH excluding ortho intramolecular Hbond substituents is 1. The summed E-state index contributed by atoms with van der Waals surface area (Å²) in [6, 6.07) is 10.8. The minimum absolute atomic E-state index is 0.144. The summed E-state index contributed by atoms with van der Waals surface area (Å²) >= 11 is 3.41. The van der Waals surface area contributed by atoms with Gasteiger partial charge in [0.15, 0.2) is 0 Å². The Kier molecular flexibility index (Phi) is 4.99. The monoisotopic (exact) mass is 399 g/mol. The largest absolute Gasteiger partial charge is 0.507 e. The van der Waals surface area contributed by atoms with Crippen molar-refractivity contribution >= 4 is 33.0 Å². The van der Waals surface area contributed by atoms with Gasteiger partial charge in [0.05, 0.1) is 17.1 Å². The summed E-state index contributed by atoms with van der Waals surface area (Å²) in [6.07, 6.45) is 2.98. The van der Waals surface area contributed by atoms with Crippen LogP contribution in [0, 0.1) is 6.92 Å². The lowest BCUT2D eigenvalue weighted by atomic mass is 10.1. The van der Waals surface area contributed by atoms with Gasteiger partial charge in [0.1, 0.15) is 11.6 Å². The normalized spacial score (nSPS) is 11.5. The fourth-order valence-electron chi connectivity index (χ4n) is 2.65. The van der Waals surface area contributed by atoms with Gasteiger partial charge >= 0.3 is 0 Å². The third-order valence-corrected chi connectivity index (χ3v) is 4.36. The molecule has 0 spiro atoms. The summed E-state index contributed by atoms with van der Waals surface area (Å²) < 4.78 is 2.16. The second-order valence-corrected chi connectivity index (χ2v) is 6.73. The van der Waals surface area contributed by atoms with Crippen LogP contribution in [-0.4, -0.2) is 21.0 Å². The van der Waals surface area contributed by atoms with E-state index in [1.165, 1.54) is 10.9 Å². The quantitative estimate of drug-likeness (QED) is 0.673. The van der Waals surface area contributed by atoms with E-state index in [2.05, 4.69) is 26.0 Å². The lowest BCUT2D eigenvalue weighted by Crippen LogP contribution is -2.22. The second kappa shape index (κ2) is 7.19. The lowest BCUT2D eigenvalue weighted by Gasteiger charge is -2.09. The van der Waals surface area contributed by atoms with Crippen LogP contribution in [-0.2, 0) is 6.42 Å². The minimum Gasteiger partial charge on any atom is -0.507 e. The lowest BCUT2D eigenvalue weighted by molar-refractivity contribution is 0.470. The van der Waals surface area contributed by atoms with Gasteiger partial charge < -0.3 is 5.11 Å². The molecule has 0 aliphatic carbocycles. The van der Waals surface area contributed by atoms with Gasteiger partial charge in [-0.1, -0.05) is 35.0 Å². The molecule has 0 aliphatic heterocycles. The fraction of sp³-hybridized carbons (Fsp3) is 0.211. The first-order chi connectivity index (χ1) is 12.0. The molecule has 5 nitrogen and oxygen atoms in total. The molecule has 1 heterocycles. The first-order valence-corrected chi connectivity index (χ1v) is 8.84. The SMILES string of the molecule is CCCc1nc2ccccc2c(=O)n1/N=C/c1cc(Br)cc(C)c1O. The zero-order chi connectivity index (χ0) is 18.0. The van der Waals surface area contributed by atoms with Crippen LogP contribution >= 0.6 is 15.9 Å². The van der Waals surface area contributed by atoms with Crippen LogP contribution < -0.4 is 5.56 Å². The van der Waals surface area contributed by atoms with E-state index >= 15 is 0 Å². The molecule has 0 bridgehead atoms. The Hall–Kier alpha value is -2.47. The van der Waals surface area contributed by atoms with Crippen LogP contribution in [0.15, 0.2) is 50.8 Å². The van der Waals surface area contributed by atoms with Gasteiger partial charge in [-0.3, -0.25) is 4.79 Å². The number of halogens is 1. The Bertz CT molecular complexity index is 1030. The summed E-state index contributed by atoms with van der Waals surface area (Å²) in [5, 5.41) is 15.0. The predicted molar refractivity (Wildman–Crippen MR) is 104 cm³/mol. The number of aromatic nitrogens is 2. The molecule has 2 aromatic carbocycles. The first kappa shape index (κ1) is 17.4. The Morgan fingerprint density at radius 1 is 1.32 bits per heavy atom. The van der Waals surface area contributed by atoms with E-state index in [0.29, 0.717) is 28.7 Å². The maximum atomic E-state index is 12.8. The standard InChI is InChI=1S/C19H18BrN3O2/c1-3-6-17-22-16-8-5-4-7-15(16)19(25)23(17)21-11-13-10-14(20)9-12(2)18(13)24/h4-5,7-11,24H,3,6H2,1-2H3/b21-11+. The zero-order valence-corrected chi connectivity index (χ0v) is 15.6. The van der Waals surface area contributed by atoms with Gasteiger partial charge in [-0.05, 0) is 43.2 Å². The van der Waals surface area contributed by atoms with E-state index in [1.54, 1.807) is 12.1 Å². The van der Waals surface area contributed by atoms with E-state index in [-0.39, 0.29) is 11.3 Å². The van der Waals surface area contributed by atoms with Gasteiger partial charge in [0.2, 0.25) is 0 Å². The molecule has 0 radical (unpaired) electrons. The number of hydrogen-bond donors (Lipinski definition) is 1. The van der Waals surface area contributed by atoms with Crippen molar-refractivity contribution in [3.05, 3.63) is 68.2 Å². The number of para-hydroxylation sites is 1. The van der Waals surface area contributed by atoms with Gasteiger partial charge in [-0.2, -0.15) is 9.78 Å². The average Bonchev–Trinajstić information content (AvgIpc) is 2.59. The van der Waals surface area contributed by atoms with Crippen molar-refractivity contribution in [2.24, 2.45) is 5.10 Å². The average molecular weight is 400 g/mol. The highest BCUT2D eigenvalue weighted by atomic mass is 79.9. The highest BCUT2D eigenvalue weighted by Crippen LogP contribution is 2.25. The molecule has 1 aromatic heterocycles. The number of rotatable bonds is 4. The molecule has 0 unspecified atom stereocenters. The summed E-state index contributed by atoms with van der Waals surface area (Å²) in [7, 11) is 0. The van der Waals surface area contributed by atoms with E-state index in [1.807, 2.05) is 38.1 Å². The molecular formula is C19H18BrN3O2. The third kappa shape index (κ3) is 3.49. The van der Waals surface area contributed by atoms with Crippen LogP contribution in [0.5, 0.6) is 5.75 Å². The van der Waals surface area contributed by atoms with Gasteiger partial charge in [-0.25, -0.2) is 4.98 Å². The smallest absolute Gasteiger partial charge is 0.282 e. The summed E-state index contributed by atoms with van der Waals surface area (Å²) in [5.74, 6) is 0.749. The van der Waals surface area contributed by atoms with Crippen molar-refractivity contribution in [1.29, 1.82) is 0 Å². The molecule has 0 fully saturated rings. The number of aryl methyl sites for hydroxylation is 2. The molecule has 3 rings (SSSR count). The van der Waals surface area contributed by atoms with Crippen LogP contribution in [0.4, 0.5) is 0 Å². The topological polar surface area (TPSA) is 67.5 Å². The summed E-state index contributed by atoms with van der Waals surface area (Å²) in [6.45, 7) is 3.84. The van der Waals surface area contributed by atoms with Crippen molar-refractivity contribution in [3.8, 4) is 5.75 Å². The third-order valence-electron chi connectivity index (χ3n) is 3.90. The number of fused-ring (bicyclic) bond motifs is 1. The number of nitrogens with zero attached hydrogens (tertiary/aromatic N) is 3. The number of aromatic hydroxyl groups is 1. The molecular weight excluding hydrogens is 382 g/mol. The van der Waals surface area contributed by atoms with Crippen LogP contribution in [0.2, 0.25) is 0 Å². The first-order valence-electron chi connectivity index (χ1n) is 8.05. The van der Waals surface area contributed by atoms with Crippen molar-refractivity contribution in [1.82, 2.24) is 9.66 Å². The van der Waals surface area contributed by atoms with Gasteiger partial charge in [-0.15, -0.1) is 0 Å². The Morgan fingerprint density at radius 2 is 2.08 bits per heavy atom. The van der Waals surface area contributed by atoms with Crippen molar-refractivity contribution in [2.75, 3.05) is 0 Å². The van der Waals surface area contributed by atoms with E-state index < -0.39 is 0 Å². The van der Waals surface area contributed by atoms with Crippen LogP contribution in [0.3, 0.4) is 0 Å². The Morgan fingerprint density at radius 3 is 2.84 bits per heavy atom. The fourth-order valence-corrected chi connectivity index (χ4v) is 3.24. The minimum atomic E-state index is -0.212. The van der Waals surface area contributed by atoms with E-state index in [9.17, 15) is 9.90 Å². The molecule has 0 aliphatic rings. The summed E-state index contributed by atoms with van der Waals surface area (Å²) in [4.78, 5) is 17.4. The predicted octanol–water partition coefficient (Wildman–Crippen LogP) is 4.01. The van der Waals surface area contributed by atoms with Crippen LogP contribution in [0.25, 0.3) is 10.9 Å². The van der Waals surface area contributed by atoms with Gasteiger partial charge in [0, 0.05) is 16.5 Å². The zero-order valence-electron chi connectivity index (χ0n) is 14.0.